The molecule has 0 spiro atoms. The van der Waals surface area contributed by atoms with Crippen LogP contribution in [-0.2, 0) is 4.79 Å². The molecule has 0 unspecified atom stereocenters. The highest BCUT2D eigenvalue weighted by Gasteiger charge is 2.22. The molecule has 0 saturated carbocycles. The van der Waals surface area contributed by atoms with Gasteiger partial charge in [-0.25, -0.2) is 4.98 Å². The second kappa shape index (κ2) is 7.30. The number of thioether (sulfide) groups is 1. The van der Waals surface area contributed by atoms with E-state index in [1.807, 2.05) is 11.8 Å². The molecule has 1 fully saturated rings. The van der Waals surface area contributed by atoms with Crippen molar-refractivity contribution < 1.29 is 4.79 Å². The van der Waals surface area contributed by atoms with E-state index in [2.05, 4.69) is 11.1 Å². The highest BCUT2D eigenvalue weighted by Crippen LogP contribution is 2.24. The van der Waals surface area contributed by atoms with E-state index in [4.69, 9.17) is 5.26 Å². The lowest BCUT2D eigenvalue weighted by atomic mass is 10.2. The molecule has 1 amide bonds. The van der Waals surface area contributed by atoms with Crippen molar-refractivity contribution in [3.63, 3.8) is 0 Å². The summed E-state index contributed by atoms with van der Waals surface area (Å²) in [7, 11) is 0. The monoisotopic (exact) mass is 289 g/mol. The van der Waals surface area contributed by atoms with Crippen molar-refractivity contribution in [2.45, 2.75) is 42.9 Å². The summed E-state index contributed by atoms with van der Waals surface area (Å²) in [6.07, 6.45) is 6.26. The maximum Gasteiger partial charge on any atom is 0.235 e. The Kier molecular flexibility index (Phi) is 5.42. The molecule has 1 saturated heterocycles. The minimum absolute atomic E-state index is 0.158. The van der Waals surface area contributed by atoms with Crippen molar-refractivity contribution >= 4 is 17.7 Å². The normalized spacial score (nSPS) is 17.1. The van der Waals surface area contributed by atoms with Crippen LogP contribution in [0.2, 0.25) is 0 Å². The number of carbonyl (C=O) groups excluding carboxylic acids is 1. The van der Waals surface area contributed by atoms with Crippen molar-refractivity contribution in [3.05, 3.63) is 23.9 Å². The molecular formula is C15H19N3OS. The highest BCUT2D eigenvalue weighted by molar-refractivity contribution is 8.00. The van der Waals surface area contributed by atoms with Gasteiger partial charge in [-0.1, -0.05) is 24.6 Å². The first kappa shape index (κ1) is 14.9. The fourth-order valence-corrected chi connectivity index (χ4v) is 3.25. The number of pyridine rings is 1. The molecule has 1 aliphatic rings. The molecule has 1 aromatic heterocycles. The second-order valence-electron chi connectivity index (χ2n) is 4.99. The van der Waals surface area contributed by atoms with E-state index in [1.165, 1.54) is 24.6 Å². The zero-order valence-corrected chi connectivity index (χ0v) is 12.5. The zero-order chi connectivity index (χ0) is 14.4. The van der Waals surface area contributed by atoms with Crippen LogP contribution >= 0.6 is 11.8 Å². The van der Waals surface area contributed by atoms with Crippen molar-refractivity contribution in [2.24, 2.45) is 0 Å². The Hall–Kier alpha value is -1.54. The van der Waals surface area contributed by atoms with Gasteiger partial charge in [0.2, 0.25) is 5.91 Å². The van der Waals surface area contributed by atoms with Gasteiger partial charge in [-0.3, -0.25) is 4.79 Å². The smallest absolute Gasteiger partial charge is 0.235 e. The van der Waals surface area contributed by atoms with E-state index in [1.54, 1.807) is 18.3 Å². The fourth-order valence-electron chi connectivity index (χ4n) is 2.32. The molecule has 0 aliphatic carbocycles. The van der Waals surface area contributed by atoms with Gasteiger partial charge in [-0.05, 0) is 31.9 Å². The molecule has 20 heavy (non-hydrogen) atoms. The van der Waals surface area contributed by atoms with Crippen LogP contribution in [0.5, 0.6) is 0 Å². The number of hydrogen-bond acceptors (Lipinski definition) is 4. The zero-order valence-electron chi connectivity index (χ0n) is 11.7. The van der Waals surface area contributed by atoms with Crippen LogP contribution in [-0.4, -0.2) is 34.1 Å². The Labute approximate surface area is 124 Å². The van der Waals surface area contributed by atoms with Crippen LogP contribution < -0.4 is 0 Å². The Morgan fingerprint density at radius 1 is 1.40 bits per heavy atom. The summed E-state index contributed by atoms with van der Waals surface area (Å²) in [6.45, 7) is 3.66. The lowest BCUT2D eigenvalue weighted by Gasteiger charge is -2.23. The third-order valence-electron chi connectivity index (χ3n) is 3.43. The highest BCUT2D eigenvalue weighted by atomic mass is 32.2. The van der Waals surface area contributed by atoms with Gasteiger partial charge >= 0.3 is 0 Å². The molecule has 1 aliphatic heterocycles. The predicted molar refractivity (Wildman–Crippen MR) is 79.3 cm³/mol. The van der Waals surface area contributed by atoms with Gasteiger partial charge in [-0.2, -0.15) is 5.26 Å². The molecule has 0 aromatic carbocycles. The Morgan fingerprint density at radius 2 is 2.10 bits per heavy atom. The predicted octanol–water partition coefficient (Wildman–Crippen LogP) is 2.84. The van der Waals surface area contributed by atoms with E-state index in [-0.39, 0.29) is 11.2 Å². The summed E-state index contributed by atoms with van der Waals surface area (Å²) in [5, 5.41) is 9.46. The van der Waals surface area contributed by atoms with Crippen LogP contribution in [0.15, 0.2) is 23.4 Å². The first-order valence-corrected chi connectivity index (χ1v) is 7.90. The SMILES string of the molecule is C[C@H](Sc1cc(C#N)ccn1)C(=O)N1CCCCCC1. The van der Waals surface area contributed by atoms with E-state index >= 15 is 0 Å². The third kappa shape index (κ3) is 3.97. The van der Waals surface area contributed by atoms with Crippen molar-refractivity contribution in [2.75, 3.05) is 13.1 Å². The largest absolute Gasteiger partial charge is 0.342 e. The molecule has 1 atom stereocenters. The number of hydrogen-bond donors (Lipinski definition) is 0. The molecule has 0 bridgehead atoms. The summed E-state index contributed by atoms with van der Waals surface area (Å²) in [5.41, 5.74) is 0.580. The Balaban J connectivity index is 1.97. The minimum Gasteiger partial charge on any atom is -0.342 e. The van der Waals surface area contributed by atoms with Crippen LogP contribution in [0.4, 0.5) is 0 Å². The van der Waals surface area contributed by atoms with E-state index in [0.717, 1.165) is 31.0 Å². The molecule has 0 radical (unpaired) electrons. The standard InChI is InChI=1S/C15H19N3OS/c1-12(15(19)18-8-4-2-3-5-9-18)20-14-10-13(11-16)6-7-17-14/h6-7,10,12H,2-5,8-9H2,1H3/t12-/m0/s1. The van der Waals surface area contributed by atoms with Gasteiger partial charge in [-0.15, -0.1) is 0 Å². The maximum absolute atomic E-state index is 12.4. The number of aromatic nitrogens is 1. The maximum atomic E-state index is 12.4. The van der Waals surface area contributed by atoms with Crippen LogP contribution in [0, 0.1) is 11.3 Å². The van der Waals surface area contributed by atoms with Gasteiger partial charge < -0.3 is 4.90 Å². The van der Waals surface area contributed by atoms with Gasteiger partial charge in [0.15, 0.2) is 0 Å². The number of nitrogens with zero attached hydrogens (tertiary/aromatic N) is 3. The minimum atomic E-state index is -0.158. The summed E-state index contributed by atoms with van der Waals surface area (Å²) in [5.74, 6) is 0.182. The third-order valence-corrected chi connectivity index (χ3v) is 4.45. The molecule has 106 valence electrons. The Morgan fingerprint density at radius 3 is 2.75 bits per heavy atom. The number of rotatable bonds is 3. The second-order valence-corrected chi connectivity index (χ2v) is 6.36. The number of carbonyl (C=O) groups is 1. The average molecular weight is 289 g/mol. The number of likely N-dealkylation sites (tertiary alicyclic amines) is 1. The molecule has 2 heterocycles. The number of amides is 1. The van der Waals surface area contributed by atoms with Gasteiger partial charge in [0.05, 0.1) is 21.9 Å². The summed E-state index contributed by atoms with van der Waals surface area (Å²) in [4.78, 5) is 18.6. The lowest BCUT2D eigenvalue weighted by Crippen LogP contribution is -2.37. The van der Waals surface area contributed by atoms with E-state index in [0.29, 0.717) is 5.56 Å². The van der Waals surface area contributed by atoms with Crippen molar-refractivity contribution in [1.29, 1.82) is 5.26 Å². The number of nitriles is 1. The molecule has 0 N–H and O–H groups in total. The van der Waals surface area contributed by atoms with E-state index < -0.39 is 0 Å². The van der Waals surface area contributed by atoms with Crippen LogP contribution in [0.3, 0.4) is 0 Å². The molecular weight excluding hydrogens is 270 g/mol. The molecule has 1 aromatic rings. The van der Waals surface area contributed by atoms with Gasteiger partial charge in [0, 0.05) is 19.3 Å². The molecule has 5 heteroatoms. The first-order chi connectivity index (χ1) is 9.70. The van der Waals surface area contributed by atoms with Gasteiger partial charge in [0.1, 0.15) is 0 Å². The van der Waals surface area contributed by atoms with Gasteiger partial charge in [0.25, 0.3) is 0 Å². The van der Waals surface area contributed by atoms with Crippen LogP contribution in [0.25, 0.3) is 0 Å². The quantitative estimate of drug-likeness (QED) is 0.803. The topological polar surface area (TPSA) is 57.0 Å². The lowest BCUT2D eigenvalue weighted by molar-refractivity contribution is -0.130. The summed E-state index contributed by atoms with van der Waals surface area (Å²) in [6, 6.07) is 5.50. The Bertz CT molecular complexity index is 504. The fraction of sp³-hybridized carbons (Fsp3) is 0.533. The molecule has 2 rings (SSSR count). The summed E-state index contributed by atoms with van der Waals surface area (Å²) >= 11 is 1.43. The van der Waals surface area contributed by atoms with Crippen LogP contribution in [0.1, 0.15) is 38.2 Å². The van der Waals surface area contributed by atoms with Crippen molar-refractivity contribution in [1.82, 2.24) is 9.88 Å². The first-order valence-electron chi connectivity index (χ1n) is 7.02. The van der Waals surface area contributed by atoms with E-state index in [9.17, 15) is 4.79 Å². The van der Waals surface area contributed by atoms with Crippen molar-refractivity contribution in [3.8, 4) is 6.07 Å². The average Bonchev–Trinajstić information content (AvgIpc) is 2.75. The molecule has 4 nitrogen and oxygen atoms in total. The summed E-state index contributed by atoms with van der Waals surface area (Å²) < 4.78 is 0.